The molecule has 0 fully saturated rings. The number of carbonyl (C=O) groups excluding carboxylic acids is 1. The van der Waals surface area contributed by atoms with Crippen LogP contribution in [0.25, 0.3) is 0 Å². The Morgan fingerprint density at radius 1 is 1.65 bits per heavy atom. The quantitative estimate of drug-likeness (QED) is 0.417. The van der Waals surface area contributed by atoms with E-state index in [0.29, 0.717) is 5.57 Å². The predicted molar refractivity (Wildman–Crippen MR) is 56.9 cm³/mol. The van der Waals surface area contributed by atoms with Gasteiger partial charge in [0.25, 0.3) is 0 Å². The molecule has 0 heterocycles. The van der Waals surface area contributed by atoms with Crippen LogP contribution in [-0.2, 0) is 14.3 Å². The third kappa shape index (κ3) is 2.80. The fourth-order valence-electron chi connectivity index (χ4n) is 1.99. The first-order chi connectivity index (χ1) is 8.04. The number of carbonyl (C=O) groups is 1. The Balaban J connectivity index is 3.02. The van der Waals surface area contributed by atoms with Crippen LogP contribution in [-0.4, -0.2) is 49.0 Å². The largest absolute Gasteiger partial charge is 0.466 e. The van der Waals surface area contributed by atoms with Crippen LogP contribution < -0.4 is 0 Å². The molecule has 0 saturated carbocycles. The van der Waals surface area contributed by atoms with Gasteiger partial charge in [-0.1, -0.05) is 0 Å². The number of nitro groups is 1. The summed E-state index contributed by atoms with van der Waals surface area (Å²) >= 11 is 0. The van der Waals surface area contributed by atoms with Gasteiger partial charge in [0.1, 0.15) is 6.10 Å². The predicted octanol–water partition coefficient (Wildman–Crippen LogP) is -0.242. The first-order valence-electron chi connectivity index (χ1n) is 5.11. The Bertz CT molecular complexity index is 340. The second-order valence-corrected chi connectivity index (χ2v) is 3.81. The number of aliphatic hydroxyl groups is 1. The molecule has 0 aromatic rings. The van der Waals surface area contributed by atoms with Crippen LogP contribution in [0, 0.1) is 16.0 Å². The van der Waals surface area contributed by atoms with E-state index in [2.05, 4.69) is 4.74 Å². The smallest absolute Gasteiger partial charge is 0.333 e. The molecule has 7 heteroatoms. The molecule has 0 saturated heterocycles. The fraction of sp³-hybridized carbons (Fsp3) is 0.700. The van der Waals surface area contributed by atoms with Gasteiger partial charge in [0.2, 0.25) is 6.04 Å². The summed E-state index contributed by atoms with van der Waals surface area (Å²) in [5.41, 5.74) is 0.302. The van der Waals surface area contributed by atoms with Crippen molar-refractivity contribution in [1.29, 1.82) is 0 Å². The van der Waals surface area contributed by atoms with Gasteiger partial charge in [-0.2, -0.15) is 0 Å². The lowest BCUT2D eigenvalue weighted by Crippen LogP contribution is -2.45. The van der Waals surface area contributed by atoms with Gasteiger partial charge in [-0.05, 0) is 12.5 Å². The highest BCUT2D eigenvalue weighted by Crippen LogP contribution is 2.28. The first-order valence-corrected chi connectivity index (χ1v) is 5.11. The van der Waals surface area contributed by atoms with E-state index in [-0.39, 0.29) is 13.0 Å². The van der Waals surface area contributed by atoms with Gasteiger partial charge in [0, 0.05) is 17.6 Å². The molecule has 0 unspecified atom stereocenters. The van der Waals surface area contributed by atoms with Gasteiger partial charge in [-0.25, -0.2) is 4.79 Å². The SMILES string of the molecule is COC(=O)C1=C[C@@H](OC)[C@@H]([N+](=O)[O-])[C@H](CO)C1. The molecule has 3 atom stereocenters. The molecule has 17 heavy (non-hydrogen) atoms. The van der Waals surface area contributed by atoms with Crippen molar-refractivity contribution >= 4 is 5.97 Å². The van der Waals surface area contributed by atoms with Crippen molar-refractivity contribution in [2.75, 3.05) is 20.8 Å². The third-order valence-corrected chi connectivity index (χ3v) is 2.86. The van der Waals surface area contributed by atoms with Crippen LogP contribution in [0.1, 0.15) is 6.42 Å². The highest BCUT2D eigenvalue weighted by atomic mass is 16.6. The summed E-state index contributed by atoms with van der Waals surface area (Å²) in [6, 6.07) is -1.04. The average molecular weight is 245 g/mol. The fourth-order valence-corrected chi connectivity index (χ4v) is 1.99. The molecule has 7 nitrogen and oxygen atoms in total. The van der Waals surface area contributed by atoms with Crippen LogP contribution in [0.15, 0.2) is 11.6 Å². The van der Waals surface area contributed by atoms with Gasteiger partial charge in [0.15, 0.2) is 0 Å². The number of rotatable bonds is 4. The van der Waals surface area contributed by atoms with E-state index in [1.807, 2.05) is 0 Å². The zero-order chi connectivity index (χ0) is 13.0. The van der Waals surface area contributed by atoms with Crippen molar-refractivity contribution in [2.24, 2.45) is 5.92 Å². The maximum Gasteiger partial charge on any atom is 0.333 e. The number of hydrogen-bond acceptors (Lipinski definition) is 6. The summed E-state index contributed by atoms with van der Waals surface area (Å²) in [7, 11) is 2.56. The molecule has 1 aliphatic carbocycles. The Morgan fingerprint density at radius 2 is 2.29 bits per heavy atom. The monoisotopic (exact) mass is 245 g/mol. The summed E-state index contributed by atoms with van der Waals surface area (Å²) in [6.07, 6.45) is 0.685. The summed E-state index contributed by atoms with van der Waals surface area (Å²) in [5.74, 6) is -1.19. The van der Waals surface area contributed by atoms with E-state index in [9.17, 15) is 14.9 Å². The topological polar surface area (TPSA) is 98.9 Å². The van der Waals surface area contributed by atoms with Crippen LogP contribution in [0.3, 0.4) is 0 Å². The summed E-state index contributed by atoms with van der Waals surface area (Å²) in [5, 5.41) is 20.1. The molecular weight excluding hydrogens is 230 g/mol. The molecular formula is C10H15NO6. The lowest BCUT2D eigenvalue weighted by atomic mass is 9.83. The van der Waals surface area contributed by atoms with Crippen LogP contribution in [0.4, 0.5) is 0 Å². The summed E-state index contributed by atoms with van der Waals surface area (Å²) in [6.45, 7) is -0.375. The Hall–Kier alpha value is -1.47. The van der Waals surface area contributed by atoms with E-state index in [0.717, 1.165) is 0 Å². The molecule has 96 valence electrons. The molecule has 0 amide bonds. The highest BCUT2D eigenvalue weighted by Gasteiger charge is 2.43. The molecule has 0 aromatic heterocycles. The van der Waals surface area contributed by atoms with Crippen molar-refractivity contribution in [3.8, 4) is 0 Å². The molecule has 1 N–H and O–H groups in total. The molecule has 1 rings (SSSR count). The second kappa shape index (κ2) is 5.74. The summed E-state index contributed by atoms with van der Waals surface area (Å²) in [4.78, 5) is 21.8. The maximum absolute atomic E-state index is 11.4. The molecule has 0 spiro atoms. The lowest BCUT2D eigenvalue weighted by molar-refractivity contribution is -0.543. The van der Waals surface area contributed by atoms with Gasteiger partial charge in [-0.15, -0.1) is 0 Å². The average Bonchev–Trinajstić information content (AvgIpc) is 2.35. The van der Waals surface area contributed by atoms with Gasteiger partial charge >= 0.3 is 5.97 Å². The molecule has 1 aliphatic rings. The van der Waals surface area contributed by atoms with Gasteiger partial charge in [0.05, 0.1) is 19.6 Å². The highest BCUT2D eigenvalue weighted by molar-refractivity contribution is 5.88. The van der Waals surface area contributed by atoms with Crippen LogP contribution in [0.5, 0.6) is 0 Å². The summed E-state index contributed by atoms with van der Waals surface area (Å²) < 4.78 is 9.54. The van der Waals surface area contributed by atoms with Crippen molar-refractivity contribution in [1.82, 2.24) is 0 Å². The van der Waals surface area contributed by atoms with Gasteiger partial charge in [-0.3, -0.25) is 10.1 Å². The Morgan fingerprint density at radius 3 is 2.71 bits per heavy atom. The van der Waals surface area contributed by atoms with Crippen molar-refractivity contribution in [3.63, 3.8) is 0 Å². The van der Waals surface area contributed by atoms with E-state index < -0.39 is 29.0 Å². The van der Waals surface area contributed by atoms with E-state index in [1.54, 1.807) is 0 Å². The first kappa shape index (κ1) is 13.6. The Kier molecular flexibility index (Phi) is 4.59. The third-order valence-electron chi connectivity index (χ3n) is 2.86. The van der Waals surface area contributed by atoms with Crippen LogP contribution in [0.2, 0.25) is 0 Å². The minimum atomic E-state index is -1.04. The number of ether oxygens (including phenoxy) is 2. The second-order valence-electron chi connectivity index (χ2n) is 3.81. The van der Waals surface area contributed by atoms with Crippen molar-refractivity contribution in [2.45, 2.75) is 18.6 Å². The van der Waals surface area contributed by atoms with Crippen LogP contribution >= 0.6 is 0 Å². The van der Waals surface area contributed by atoms with Crippen molar-refractivity contribution < 1.29 is 24.3 Å². The van der Waals surface area contributed by atoms with E-state index >= 15 is 0 Å². The molecule has 0 bridgehead atoms. The lowest BCUT2D eigenvalue weighted by Gasteiger charge is -2.28. The number of esters is 1. The maximum atomic E-state index is 11.4. The Labute approximate surface area is 98.2 Å². The number of nitrogens with zero attached hydrogens (tertiary/aromatic N) is 1. The standard InChI is InChI=1S/C10H15NO6/c1-16-8-4-6(10(13)17-2)3-7(5-12)9(8)11(14)15/h4,7-9,12H,3,5H2,1-2H3/t7-,8+,9-/m0/s1. The number of methoxy groups -OCH3 is 2. The molecule has 0 aliphatic heterocycles. The van der Waals surface area contributed by atoms with Crippen molar-refractivity contribution in [3.05, 3.63) is 21.8 Å². The van der Waals surface area contributed by atoms with E-state index in [4.69, 9.17) is 9.84 Å². The van der Waals surface area contributed by atoms with E-state index in [1.165, 1.54) is 20.3 Å². The van der Waals surface area contributed by atoms with Gasteiger partial charge < -0.3 is 14.6 Å². The molecule has 0 radical (unpaired) electrons. The molecule has 0 aromatic carbocycles. The minimum Gasteiger partial charge on any atom is -0.466 e. The normalized spacial score (nSPS) is 28.4. The number of hydrogen-bond donors (Lipinski definition) is 1. The zero-order valence-electron chi connectivity index (χ0n) is 9.66. The number of aliphatic hydroxyl groups excluding tert-OH is 1. The minimum absolute atomic E-state index is 0.120. The zero-order valence-corrected chi connectivity index (χ0v) is 9.66.